The minimum Gasteiger partial charge on any atom is -0.485 e. The van der Waals surface area contributed by atoms with Crippen molar-refractivity contribution in [2.45, 2.75) is 51.5 Å². The maximum atomic E-state index is 10.9. The average Bonchev–Trinajstić information content (AvgIpc) is 2.48. The summed E-state index contributed by atoms with van der Waals surface area (Å²) in [5.74, 6) is 1.54. The average molecular weight is 337 g/mol. The maximum absolute atomic E-state index is 10.9. The highest BCUT2D eigenvalue weighted by molar-refractivity contribution is 6.18. The molecule has 23 heavy (non-hydrogen) atoms. The number of fused-ring (bicyclic) bond motifs is 1. The molecule has 1 aromatic carbocycles. The van der Waals surface area contributed by atoms with Gasteiger partial charge in [-0.05, 0) is 45.0 Å². The van der Waals surface area contributed by atoms with Crippen LogP contribution in [0.3, 0.4) is 0 Å². The zero-order valence-corrected chi connectivity index (χ0v) is 15.1. The fraction of sp³-hybridized carbons (Fsp3) is 0.611. The van der Waals surface area contributed by atoms with E-state index in [2.05, 4.69) is 24.8 Å². The Morgan fingerprint density at radius 3 is 2.61 bits per heavy atom. The van der Waals surface area contributed by atoms with Crippen LogP contribution < -0.4 is 4.74 Å². The molecule has 0 spiro atoms. The summed E-state index contributed by atoms with van der Waals surface area (Å²) < 4.78 is 5.97. The van der Waals surface area contributed by atoms with Crippen LogP contribution in [0.15, 0.2) is 18.2 Å². The van der Waals surface area contributed by atoms with Crippen molar-refractivity contribution in [3.8, 4) is 11.8 Å². The molecule has 0 saturated carbocycles. The van der Waals surface area contributed by atoms with Gasteiger partial charge in [-0.25, -0.2) is 0 Å². The second kappa shape index (κ2) is 6.68. The molecule has 0 bridgehead atoms. The lowest BCUT2D eigenvalue weighted by Gasteiger charge is -2.47. The first-order valence-corrected chi connectivity index (χ1v) is 8.45. The summed E-state index contributed by atoms with van der Waals surface area (Å²) in [5.41, 5.74) is 0.687. The number of rotatable bonds is 4. The van der Waals surface area contributed by atoms with Crippen LogP contribution in [0.5, 0.6) is 5.75 Å². The number of ether oxygens (including phenoxy) is 1. The van der Waals surface area contributed by atoms with Gasteiger partial charge in [0.05, 0.1) is 17.7 Å². The summed E-state index contributed by atoms with van der Waals surface area (Å²) in [7, 11) is 1.98. The predicted molar refractivity (Wildman–Crippen MR) is 91.7 cm³/mol. The zero-order valence-electron chi connectivity index (χ0n) is 14.4. The Morgan fingerprint density at radius 1 is 1.43 bits per heavy atom. The third-order valence-electron chi connectivity index (χ3n) is 4.73. The van der Waals surface area contributed by atoms with E-state index in [9.17, 15) is 10.4 Å². The van der Waals surface area contributed by atoms with Crippen molar-refractivity contribution in [1.29, 1.82) is 5.26 Å². The number of nitriles is 1. The van der Waals surface area contributed by atoms with Crippen molar-refractivity contribution in [2.24, 2.45) is 5.92 Å². The molecular formula is C18H25ClN2O2. The fourth-order valence-electron chi connectivity index (χ4n) is 3.24. The molecule has 0 unspecified atom stereocenters. The van der Waals surface area contributed by atoms with Gasteiger partial charge >= 0.3 is 0 Å². The Hall–Kier alpha value is -1.28. The van der Waals surface area contributed by atoms with Crippen molar-refractivity contribution in [3.05, 3.63) is 29.3 Å². The highest BCUT2D eigenvalue weighted by atomic mass is 35.5. The standard InChI is InChI=1S/C18H25ClN2O2/c1-11(2)14(9-19)21(5)16-13-8-12(10-20)6-7-15(13)23-18(3,4)17(16)22/h6-8,11,14,16-17,22H,9H2,1-5H3/t14-,16-,17+/m1/s1. The molecule has 2 rings (SSSR count). The quantitative estimate of drug-likeness (QED) is 0.857. The molecule has 1 aromatic rings. The van der Waals surface area contributed by atoms with Gasteiger partial charge in [0.25, 0.3) is 0 Å². The number of hydrogen-bond acceptors (Lipinski definition) is 4. The monoisotopic (exact) mass is 336 g/mol. The fourth-order valence-corrected chi connectivity index (χ4v) is 3.82. The summed E-state index contributed by atoms with van der Waals surface area (Å²) in [4.78, 5) is 2.12. The molecule has 0 amide bonds. The number of halogens is 1. The van der Waals surface area contributed by atoms with Crippen LogP contribution >= 0.6 is 11.6 Å². The molecule has 0 radical (unpaired) electrons. The first-order valence-electron chi connectivity index (χ1n) is 7.92. The summed E-state index contributed by atoms with van der Waals surface area (Å²) in [5, 5.41) is 20.1. The van der Waals surface area contributed by atoms with Gasteiger partial charge in [-0.3, -0.25) is 4.90 Å². The van der Waals surface area contributed by atoms with E-state index in [-0.39, 0.29) is 12.1 Å². The van der Waals surface area contributed by atoms with Crippen molar-refractivity contribution in [1.82, 2.24) is 4.90 Å². The van der Waals surface area contributed by atoms with E-state index < -0.39 is 11.7 Å². The van der Waals surface area contributed by atoms with Gasteiger partial charge in [0.1, 0.15) is 17.5 Å². The highest BCUT2D eigenvalue weighted by Gasteiger charge is 2.46. The normalized spacial score (nSPS) is 24.0. The Kier molecular flexibility index (Phi) is 5.25. The first kappa shape index (κ1) is 18.1. The van der Waals surface area contributed by atoms with E-state index >= 15 is 0 Å². The molecule has 0 aromatic heterocycles. The molecule has 126 valence electrons. The number of nitrogens with zero attached hydrogens (tertiary/aromatic N) is 2. The van der Waals surface area contributed by atoms with Crippen LogP contribution in [0.1, 0.15) is 44.9 Å². The third-order valence-corrected chi connectivity index (χ3v) is 5.05. The van der Waals surface area contributed by atoms with Crippen molar-refractivity contribution in [3.63, 3.8) is 0 Å². The molecule has 5 heteroatoms. The number of aliphatic hydroxyl groups is 1. The molecule has 0 aliphatic carbocycles. The minimum absolute atomic E-state index is 0.115. The molecular weight excluding hydrogens is 312 g/mol. The number of hydrogen-bond donors (Lipinski definition) is 1. The Bertz CT molecular complexity index is 610. The Morgan fingerprint density at radius 2 is 2.09 bits per heavy atom. The smallest absolute Gasteiger partial charge is 0.131 e. The van der Waals surface area contributed by atoms with Gasteiger partial charge in [0, 0.05) is 17.5 Å². The second-order valence-corrected chi connectivity index (χ2v) is 7.40. The van der Waals surface area contributed by atoms with Gasteiger partial charge in [0.2, 0.25) is 0 Å². The maximum Gasteiger partial charge on any atom is 0.131 e. The zero-order chi connectivity index (χ0) is 17.4. The molecule has 1 aliphatic heterocycles. The van der Waals surface area contributed by atoms with Crippen LogP contribution in [0.25, 0.3) is 0 Å². The molecule has 4 nitrogen and oxygen atoms in total. The van der Waals surface area contributed by atoms with Crippen molar-refractivity contribution >= 4 is 11.6 Å². The highest BCUT2D eigenvalue weighted by Crippen LogP contribution is 2.43. The Labute approximate surface area is 143 Å². The number of alkyl halides is 1. The van der Waals surface area contributed by atoms with E-state index in [0.29, 0.717) is 23.1 Å². The molecule has 0 fully saturated rings. The van der Waals surface area contributed by atoms with Gasteiger partial charge < -0.3 is 9.84 Å². The van der Waals surface area contributed by atoms with Crippen molar-refractivity contribution in [2.75, 3.05) is 12.9 Å². The number of aliphatic hydroxyl groups excluding tert-OH is 1. The lowest BCUT2D eigenvalue weighted by Crippen LogP contribution is -2.55. The minimum atomic E-state index is -0.724. The van der Waals surface area contributed by atoms with Crippen LogP contribution in [-0.2, 0) is 0 Å². The van der Waals surface area contributed by atoms with Gasteiger partial charge in [-0.1, -0.05) is 13.8 Å². The van der Waals surface area contributed by atoms with Crippen LogP contribution in [-0.4, -0.2) is 40.7 Å². The molecule has 1 aliphatic rings. The topological polar surface area (TPSA) is 56.5 Å². The van der Waals surface area contributed by atoms with Gasteiger partial charge in [0.15, 0.2) is 0 Å². The largest absolute Gasteiger partial charge is 0.485 e. The SMILES string of the molecule is CC(C)[C@@H](CCl)N(C)[C@@H]1c2cc(C#N)ccc2OC(C)(C)[C@H]1O. The third kappa shape index (κ3) is 3.33. The number of likely N-dealkylation sites (N-methyl/N-ethyl adjacent to an activating group) is 1. The van der Waals surface area contributed by atoms with E-state index in [1.807, 2.05) is 27.0 Å². The lowest BCUT2D eigenvalue weighted by atomic mass is 9.84. The summed E-state index contributed by atoms with van der Waals surface area (Å²) >= 11 is 6.17. The molecule has 0 saturated heterocycles. The summed E-state index contributed by atoms with van der Waals surface area (Å²) in [6.45, 7) is 8.00. The van der Waals surface area contributed by atoms with E-state index in [0.717, 1.165) is 5.56 Å². The molecule has 3 atom stereocenters. The van der Waals surface area contributed by atoms with Gasteiger partial charge in [-0.2, -0.15) is 5.26 Å². The van der Waals surface area contributed by atoms with E-state index in [4.69, 9.17) is 16.3 Å². The van der Waals surface area contributed by atoms with Crippen LogP contribution in [0.2, 0.25) is 0 Å². The summed E-state index contributed by atoms with van der Waals surface area (Å²) in [6, 6.07) is 7.36. The van der Waals surface area contributed by atoms with Gasteiger partial charge in [-0.15, -0.1) is 11.6 Å². The first-order chi connectivity index (χ1) is 10.7. The molecule has 1 heterocycles. The van der Waals surface area contributed by atoms with Crippen molar-refractivity contribution < 1.29 is 9.84 Å². The van der Waals surface area contributed by atoms with Crippen LogP contribution in [0, 0.1) is 17.2 Å². The van der Waals surface area contributed by atoms with E-state index in [1.165, 1.54) is 0 Å². The predicted octanol–water partition coefficient (Wildman–Crippen LogP) is 3.33. The lowest BCUT2D eigenvalue weighted by molar-refractivity contribution is -0.0971. The number of benzene rings is 1. The molecule has 1 N–H and O–H groups in total. The second-order valence-electron chi connectivity index (χ2n) is 7.09. The Balaban J connectivity index is 2.54. The summed E-state index contributed by atoms with van der Waals surface area (Å²) in [6.07, 6.45) is -0.724. The van der Waals surface area contributed by atoms with E-state index in [1.54, 1.807) is 12.1 Å². The van der Waals surface area contributed by atoms with Crippen LogP contribution in [0.4, 0.5) is 0 Å².